The molecule has 1 fully saturated rings. The van der Waals surface area contributed by atoms with E-state index in [4.69, 9.17) is 0 Å². The van der Waals surface area contributed by atoms with Gasteiger partial charge in [-0.1, -0.05) is 18.2 Å². The van der Waals surface area contributed by atoms with Crippen molar-refractivity contribution in [1.82, 2.24) is 19.9 Å². The van der Waals surface area contributed by atoms with Crippen LogP contribution in [0.3, 0.4) is 0 Å². The Kier molecular flexibility index (Phi) is 6.72. The highest BCUT2D eigenvalue weighted by Crippen LogP contribution is 2.33. The molecule has 2 N–H and O–H groups in total. The van der Waals surface area contributed by atoms with Gasteiger partial charge >= 0.3 is 0 Å². The van der Waals surface area contributed by atoms with Crippen molar-refractivity contribution in [2.75, 3.05) is 23.7 Å². The molecule has 2 aromatic heterocycles. The fraction of sp³-hybridized carbons (Fsp3) is 0.267. The number of nitrogens with zero attached hydrogens (tertiary/aromatic N) is 4. The van der Waals surface area contributed by atoms with Crippen molar-refractivity contribution in [3.05, 3.63) is 95.9 Å². The van der Waals surface area contributed by atoms with Crippen LogP contribution in [0.1, 0.15) is 48.2 Å². The van der Waals surface area contributed by atoms with E-state index in [9.17, 15) is 4.79 Å². The normalized spacial score (nSPS) is 14.2. The van der Waals surface area contributed by atoms with Gasteiger partial charge in [0.15, 0.2) is 0 Å². The zero-order valence-corrected chi connectivity index (χ0v) is 21.7. The molecule has 0 unspecified atom stereocenters. The molecule has 1 amide bonds. The summed E-state index contributed by atoms with van der Waals surface area (Å²) >= 11 is 0. The lowest BCUT2D eigenvalue weighted by Gasteiger charge is -2.48. The summed E-state index contributed by atoms with van der Waals surface area (Å²) < 4.78 is 0. The molecule has 1 saturated heterocycles. The van der Waals surface area contributed by atoms with Crippen molar-refractivity contribution in [3.8, 4) is 11.3 Å². The second-order valence-electron chi connectivity index (χ2n) is 10.5. The van der Waals surface area contributed by atoms with E-state index in [1.165, 1.54) is 5.56 Å². The van der Waals surface area contributed by atoms with Gasteiger partial charge in [0, 0.05) is 65.6 Å². The van der Waals surface area contributed by atoms with Gasteiger partial charge in [0.1, 0.15) is 0 Å². The summed E-state index contributed by atoms with van der Waals surface area (Å²) in [7, 11) is 0. The molecule has 1 aliphatic heterocycles. The number of nitrogens with one attached hydrogen (secondary N) is 2. The highest BCUT2D eigenvalue weighted by Gasteiger charge is 2.34. The van der Waals surface area contributed by atoms with Crippen molar-refractivity contribution in [2.24, 2.45) is 0 Å². The third-order valence-electron chi connectivity index (χ3n) is 6.83. The average molecular weight is 493 g/mol. The van der Waals surface area contributed by atoms with Gasteiger partial charge in [-0.15, -0.1) is 0 Å². The molecule has 7 heteroatoms. The van der Waals surface area contributed by atoms with E-state index >= 15 is 0 Å². The van der Waals surface area contributed by atoms with E-state index in [1.54, 1.807) is 18.6 Å². The molecule has 0 radical (unpaired) electrons. The average Bonchev–Trinajstić information content (AvgIpc) is 2.85. The van der Waals surface area contributed by atoms with Crippen LogP contribution in [-0.4, -0.2) is 44.4 Å². The van der Waals surface area contributed by atoms with Crippen molar-refractivity contribution in [3.63, 3.8) is 0 Å². The number of benzene rings is 2. The highest BCUT2D eigenvalue weighted by atomic mass is 16.1. The van der Waals surface area contributed by atoms with E-state index < -0.39 is 0 Å². The molecular weight excluding hydrogens is 460 g/mol. The molecule has 188 valence electrons. The van der Waals surface area contributed by atoms with Gasteiger partial charge < -0.3 is 10.6 Å². The topological polar surface area (TPSA) is 83.0 Å². The SMILES string of the molecule is Cc1ccc(C(=O)Nc2ccc(C3CN(C(C)(C)C)C3)cc2)cc1Nc1nccc(-c2cccnc2)n1. The second kappa shape index (κ2) is 10.1. The minimum atomic E-state index is -0.164. The number of hydrogen-bond acceptors (Lipinski definition) is 6. The maximum absolute atomic E-state index is 13.0. The third-order valence-corrected chi connectivity index (χ3v) is 6.83. The minimum absolute atomic E-state index is 0.164. The summed E-state index contributed by atoms with van der Waals surface area (Å²) in [6, 6.07) is 19.5. The second-order valence-corrected chi connectivity index (χ2v) is 10.5. The molecule has 7 nitrogen and oxygen atoms in total. The number of rotatable bonds is 6. The molecule has 5 rings (SSSR count). The van der Waals surface area contributed by atoms with Gasteiger partial charge in [0.25, 0.3) is 5.91 Å². The first-order valence-corrected chi connectivity index (χ1v) is 12.5. The molecule has 0 atom stereocenters. The molecule has 0 saturated carbocycles. The van der Waals surface area contributed by atoms with Gasteiger partial charge in [-0.25, -0.2) is 9.97 Å². The Hall–Kier alpha value is -4.10. The summed E-state index contributed by atoms with van der Waals surface area (Å²) in [5, 5.41) is 6.28. The van der Waals surface area contributed by atoms with Crippen LogP contribution in [0.25, 0.3) is 11.3 Å². The zero-order valence-electron chi connectivity index (χ0n) is 21.7. The fourth-order valence-electron chi connectivity index (χ4n) is 4.39. The lowest BCUT2D eigenvalue weighted by atomic mass is 9.87. The van der Waals surface area contributed by atoms with Crippen LogP contribution in [0.4, 0.5) is 17.3 Å². The summed E-state index contributed by atoms with van der Waals surface area (Å²) in [5.74, 6) is 0.843. The lowest BCUT2D eigenvalue weighted by Crippen LogP contribution is -2.54. The number of pyridine rings is 1. The first-order chi connectivity index (χ1) is 17.8. The summed E-state index contributed by atoms with van der Waals surface area (Å²) in [4.78, 5) is 28.6. The van der Waals surface area contributed by atoms with Crippen LogP contribution in [-0.2, 0) is 0 Å². The first kappa shape index (κ1) is 24.6. The van der Waals surface area contributed by atoms with Gasteiger partial charge in [-0.2, -0.15) is 0 Å². The Balaban J connectivity index is 1.25. The number of likely N-dealkylation sites (tertiary alicyclic amines) is 1. The van der Waals surface area contributed by atoms with Crippen LogP contribution in [0, 0.1) is 6.92 Å². The predicted octanol–water partition coefficient (Wildman–Crippen LogP) is 6.04. The monoisotopic (exact) mass is 492 g/mol. The number of carbonyl (C=O) groups is 1. The molecule has 1 aliphatic rings. The quantitative estimate of drug-likeness (QED) is 0.341. The Morgan fingerprint density at radius 1 is 1.00 bits per heavy atom. The Labute approximate surface area is 218 Å². The van der Waals surface area contributed by atoms with Crippen LogP contribution in [0.2, 0.25) is 0 Å². The van der Waals surface area contributed by atoms with Crippen LogP contribution in [0.5, 0.6) is 0 Å². The third kappa shape index (κ3) is 5.67. The maximum Gasteiger partial charge on any atom is 0.255 e. The van der Waals surface area contributed by atoms with Crippen LogP contribution >= 0.6 is 0 Å². The maximum atomic E-state index is 13.0. The standard InChI is InChI=1S/C30H32N6O/c1-20-7-8-22(16-27(20)35-29-32-15-13-26(34-29)23-6-5-14-31-17-23)28(37)33-25-11-9-21(10-12-25)24-18-36(19-24)30(2,3)4/h5-17,24H,18-19H2,1-4H3,(H,33,37)(H,32,34,35). The first-order valence-electron chi connectivity index (χ1n) is 12.5. The summed E-state index contributed by atoms with van der Waals surface area (Å²) in [6.45, 7) is 10.9. The lowest BCUT2D eigenvalue weighted by molar-refractivity contribution is 0.0470. The van der Waals surface area contributed by atoms with Gasteiger partial charge in [-0.05, 0) is 81.3 Å². The molecule has 4 aromatic rings. The molecule has 37 heavy (non-hydrogen) atoms. The Bertz CT molecular complexity index is 1390. The van der Waals surface area contributed by atoms with Gasteiger partial charge in [0.2, 0.25) is 5.95 Å². The highest BCUT2D eigenvalue weighted by molar-refractivity contribution is 6.05. The molecule has 3 heterocycles. The van der Waals surface area contributed by atoms with E-state index in [0.717, 1.165) is 41.3 Å². The number of anilines is 3. The molecule has 2 aromatic carbocycles. The number of carbonyl (C=O) groups excluding carboxylic acids is 1. The largest absolute Gasteiger partial charge is 0.324 e. The van der Waals surface area contributed by atoms with E-state index in [0.29, 0.717) is 17.4 Å². The zero-order chi connectivity index (χ0) is 26.0. The summed E-state index contributed by atoms with van der Waals surface area (Å²) in [6.07, 6.45) is 5.20. The molecular formula is C30H32N6O. The Morgan fingerprint density at radius 3 is 2.49 bits per heavy atom. The summed E-state index contributed by atoms with van der Waals surface area (Å²) in [5.41, 5.74) is 6.31. The fourth-order valence-corrected chi connectivity index (χ4v) is 4.39. The number of hydrogen-bond donors (Lipinski definition) is 2. The van der Waals surface area contributed by atoms with E-state index in [2.05, 4.69) is 63.4 Å². The van der Waals surface area contributed by atoms with Crippen molar-refractivity contribution >= 4 is 23.2 Å². The Morgan fingerprint density at radius 2 is 1.78 bits per heavy atom. The molecule has 0 bridgehead atoms. The predicted molar refractivity (Wildman–Crippen MR) is 148 cm³/mol. The van der Waals surface area contributed by atoms with Crippen molar-refractivity contribution in [1.29, 1.82) is 0 Å². The van der Waals surface area contributed by atoms with Gasteiger partial charge in [-0.3, -0.25) is 14.7 Å². The number of amides is 1. The number of aryl methyl sites for hydroxylation is 1. The van der Waals surface area contributed by atoms with Crippen LogP contribution < -0.4 is 10.6 Å². The van der Waals surface area contributed by atoms with Crippen LogP contribution in [0.15, 0.2) is 79.3 Å². The van der Waals surface area contributed by atoms with E-state index in [1.807, 2.05) is 55.5 Å². The minimum Gasteiger partial charge on any atom is -0.324 e. The van der Waals surface area contributed by atoms with Crippen molar-refractivity contribution in [2.45, 2.75) is 39.2 Å². The molecule has 0 spiro atoms. The molecule has 0 aliphatic carbocycles. The van der Waals surface area contributed by atoms with E-state index in [-0.39, 0.29) is 11.4 Å². The smallest absolute Gasteiger partial charge is 0.255 e. The number of aromatic nitrogens is 3. The van der Waals surface area contributed by atoms with Gasteiger partial charge in [0.05, 0.1) is 5.69 Å². The van der Waals surface area contributed by atoms with Crippen molar-refractivity contribution < 1.29 is 4.79 Å².